The van der Waals surface area contributed by atoms with E-state index < -0.39 is 11.2 Å². The van der Waals surface area contributed by atoms with Crippen molar-refractivity contribution in [3.63, 3.8) is 0 Å². The minimum Gasteiger partial charge on any atom is -0.462 e. The number of carbonyl (C=O) groups excluding carboxylic acids is 3. The first-order valence-corrected chi connectivity index (χ1v) is 9.25. The Morgan fingerprint density at radius 2 is 1.77 bits per heavy atom. The molecule has 1 fully saturated rings. The van der Waals surface area contributed by atoms with Gasteiger partial charge in [0.15, 0.2) is 0 Å². The van der Waals surface area contributed by atoms with Crippen molar-refractivity contribution in [1.29, 1.82) is 0 Å². The van der Waals surface area contributed by atoms with Gasteiger partial charge in [-0.1, -0.05) is 17.7 Å². The number of amides is 2. The molecule has 2 aromatic carbocycles. The summed E-state index contributed by atoms with van der Waals surface area (Å²) >= 11 is 1.40. The molecule has 0 radical (unpaired) electrons. The maximum Gasteiger partial charge on any atom is 0.338 e. The smallest absolute Gasteiger partial charge is 0.338 e. The van der Waals surface area contributed by atoms with Gasteiger partial charge in [0.25, 0.3) is 0 Å². The van der Waals surface area contributed by atoms with E-state index in [1.165, 1.54) is 16.7 Å². The van der Waals surface area contributed by atoms with Gasteiger partial charge in [-0.15, -0.1) is 11.8 Å². The number of thioether (sulfide) groups is 1. The van der Waals surface area contributed by atoms with Crippen molar-refractivity contribution in [3.8, 4) is 0 Å². The lowest BCUT2D eigenvalue weighted by molar-refractivity contribution is -0.121. The zero-order valence-corrected chi connectivity index (χ0v) is 15.4. The van der Waals surface area contributed by atoms with Crippen molar-refractivity contribution >= 4 is 35.2 Å². The van der Waals surface area contributed by atoms with Crippen LogP contribution in [-0.2, 0) is 14.3 Å². The highest BCUT2D eigenvalue weighted by atomic mass is 32.2. The summed E-state index contributed by atoms with van der Waals surface area (Å²) in [6, 6.07) is 14.2. The van der Waals surface area contributed by atoms with E-state index in [9.17, 15) is 14.4 Å². The molecule has 0 aromatic heterocycles. The molecule has 6 heteroatoms. The van der Waals surface area contributed by atoms with Crippen LogP contribution in [0, 0.1) is 6.92 Å². The highest BCUT2D eigenvalue weighted by molar-refractivity contribution is 8.00. The molecule has 0 bridgehead atoms. The van der Waals surface area contributed by atoms with E-state index in [4.69, 9.17) is 4.74 Å². The van der Waals surface area contributed by atoms with Gasteiger partial charge in [-0.25, -0.2) is 9.69 Å². The van der Waals surface area contributed by atoms with Gasteiger partial charge in [0.1, 0.15) is 0 Å². The number of carbonyl (C=O) groups is 3. The molecular weight excluding hydrogens is 350 g/mol. The van der Waals surface area contributed by atoms with Crippen molar-refractivity contribution in [1.82, 2.24) is 0 Å². The molecule has 5 nitrogen and oxygen atoms in total. The van der Waals surface area contributed by atoms with Gasteiger partial charge in [0.2, 0.25) is 11.8 Å². The Balaban J connectivity index is 1.74. The van der Waals surface area contributed by atoms with E-state index in [1.807, 2.05) is 31.2 Å². The minimum absolute atomic E-state index is 0.164. The van der Waals surface area contributed by atoms with E-state index in [0.717, 1.165) is 10.5 Å². The SMILES string of the molecule is CCOC(=O)c1ccc(N2C(=O)CC(Sc3ccc(C)cc3)C2=O)cc1. The largest absolute Gasteiger partial charge is 0.462 e. The molecule has 0 aliphatic carbocycles. The molecule has 134 valence electrons. The normalized spacial score (nSPS) is 16.8. The molecule has 2 aromatic rings. The number of benzene rings is 2. The van der Waals surface area contributed by atoms with Crippen molar-refractivity contribution in [2.75, 3.05) is 11.5 Å². The second-order valence-electron chi connectivity index (χ2n) is 5.96. The van der Waals surface area contributed by atoms with Crippen molar-refractivity contribution in [2.24, 2.45) is 0 Å². The van der Waals surface area contributed by atoms with Crippen molar-refractivity contribution < 1.29 is 19.1 Å². The zero-order chi connectivity index (χ0) is 18.7. The van der Waals surface area contributed by atoms with Crippen molar-refractivity contribution in [2.45, 2.75) is 30.4 Å². The van der Waals surface area contributed by atoms with Crippen LogP contribution in [0.2, 0.25) is 0 Å². The third kappa shape index (κ3) is 3.80. The van der Waals surface area contributed by atoms with Crippen molar-refractivity contribution in [3.05, 3.63) is 59.7 Å². The number of hydrogen-bond donors (Lipinski definition) is 0. The van der Waals surface area contributed by atoms with Crippen LogP contribution in [0.5, 0.6) is 0 Å². The van der Waals surface area contributed by atoms with Gasteiger partial charge in [-0.2, -0.15) is 0 Å². The summed E-state index contributed by atoms with van der Waals surface area (Å²) in [5.41, 5.74) is 2.01. The molecule has 0 N–H and O–H groups in total. The predicted molar refractivity (Wildman–Crippen MR) is 100 cm³/mol. The zero-order valence-electron chi connectivity index (χ0n) is 14.6. The predicted octanol–water partition coefficient (Wildman–Crippen LogP) is 3.60. The highest BCUT2D eigenvalue weighted by Gasteiger charge is 2.40. The van der Waals surface area contributed by atoms with Gasteiger partial charge in [-0.3, -0.25) is 9.59 Å². The maximum atomic E-state index is 12.7. The number of hydrogen-bond acceptors (Lipinski definition) is 5. The van der Waals surface area contributed by atoms with Gasteiger partial charge in [-0.05, 0) is 50.2 Å². The molecule has 26 heavy (non-hydrogen) atoms. The molecule has 1 saturated heterocycles. The summed E-state index contributed by atoms with van der Waals surface area (Å²) in [7, 11) is 0. The maximum absolute atomic E-state index is 12.7. The molecule has 3 rings (SSSR count). The lowest BCUT2D eigenvalue weighted by Crippen LogP contribution is -2.31. The van der Waals surface area contributed by atoms with E-state index >= 15 is 0 Å². The molecule has 1 aliphatic rings. The quantitative estimate of drug-likeness (QED) is 0.595. The van der Waals surface area contributed by atoms with Crippen LogP contribution in [-0.4, -0.2) is 29.6 Å². The molecular formula is C20H19NO4S. The topological polar surface area (TPSA) is 63.7 Å². The summed E-state index contributed by atoms with van der Waals surface area (Å²) in [6.07, 6.45) is 0.164. The van der Waals surface area contributed by atoms with E-state index in [-0.39, 0.29) is 18.2 Å². The monoisotopic (exact) mass is 369 g/mol. The number of esters is 1. The fourth-order valence-electron chi connectivity index (χ4n) is 2.71. The Bertz CT molecular complexity index is 830. The Kier molecular flexibility index (Phi) is 5.42. The van der Waals surface area contributed by atoms with Crippen LogP contribution >= 0.6 is 11.8 Å². The summed E-state index contributed by atoms with van der Waals surface area (Å²) in [5, 5.41) is -0.435. The number of ether oxygens (including phenoxy) is 1. The molecule has 0 saturated carbocycles. The number of anilines is 1. The van der Waals surface area contributed by atoms with Crippen LogP contribution in [0.1, 0.15) is 29.3 Å². The average Bonchev–Trinajstić information content (AvgIpc) is 2.91. The third-order valence-electron chi connectivity index (χ3n) is 4.04. The van der Waals surface area contributed by atoms with Gasteiger partial charge < -0.3 is 4.74 Å². The van der Waals surface area contributed by atoms with Gasteiger partial charge in [0, 0.05) is 11.3 Å². The Morgan fingerprint density at radius 3 is 2.38 bits per heavy atom. The first-order valence-electron chi connectivity index (χ1n) is 8.37. The molecule has 1 unspecified atom stereocenters. The lowest BCUT2D eigenvalue weighted by atomic mass is 10.2. The molecule has 1 atom stereocenters. The molecule has 0 spiro atoms. The molecule has 1 aliphatic heterocycles. The lowest BCUT2D eigenvalue weighted by Gasteiger charge is -2.15. The fraction of sp³-hybridized carbons (Fsp3) is 0.250. The Labute approximate surface area is 156 Å². The number of imide groups is 1. The number of rotatable bonds is 5. The summed E-state index contributed by atoms with van der Waals surface area (Å²) in [4.78, 5) is 38.9. The standard InChI is InChI=1S/C20H19NO4S/c1-3-25-20(24)14-6-8-15(9-7-14)21-18(22)12-17(19(21)23)26-16-10-4-13(2)5-11-16/h4-11,17H,3,12H2,1-2H3. The molecule has 1 heterocycles. The first kappa shape index (κ1) is 18.2. The third-order valence-corrected chi connectivity index (χ3v) is 5.24. The minimum atomic E-state index is -0.435. The van der Waals surface area contributed by atoms with Crippen LogP contribution in [0.25, 0.3) is 0 Å². The van der Waals surface area contributed by atoms with Gasteiger partial charge >= 0.3 is 5.97 Å². The van der Waals surface area contributed by atoms with Crippen LogP contribution in [0.15, 0.2) is 53.4 Å². The van der Waals surface area contributed by atoms with E-state index in [2.05, 4.69) is 0 Å². The fourth-order valence-corrected chi connectivity index (χ4v) is 3.76. The Hall–Kier alpha value is -2.60. The van der Waals surface area contributed by atoms with Crippen LogP contribution in [0.4, 0.5) is 5.69 Å². The van der Waals surface area contributed by atoms with Gasteiger partial charge in [0.05, 0.1) is 23.1 Å². The number of aryl methyl sites for hydroxylation is 1. The molecule has 2 amide bonds. The highest BCUT2D eigenvalue weighted by Crippen LogP contribution is 2.34. The van der Waals surface area contributed by atoms with Crippen LogP contribution < -0.4 is 4.90 Å². The second-order valence-corrected chi connectivity index (χ2v) is 7.23. The van der Waals surface area contributed by atoms with E-state index in [1.54, 1.807) is 31.2 Å². The second kappa shape index (κ2) is 7.74. The summed E-state index contributed by atoms with van der Waals surface area (Å²) in [6.45, 7) is 4.03. The first-order chi connectivity index (χ1) is 12.5. The summed E-state index contributed by atoms with van der Waals surface area (Å²) < 4.78 is 4.94. The number of nitrogens with zero attached hydrogens (tertiary/aromatic N) is 1. The van der Waals surface area contributed by atoms with E-state index in [0.29, 0.717) is 17.9 Å². The average molecular weight is 369 g/mol. The Morgan fingerprint density at radius 1 is 1.12 bits per heavy atom. The van der Waals surface area contributed by atoms with Crippen LogP contribution in [0.3, 0.4) is 0 Å². The summed E-state index contributed by atoms with van der Waals surface area (Å²) in [5.74, 6) is -0.890.